The van der Waals surface area contributed by atoms with Gasteiger partial charge in [0.2, 0.25) is 0 Å². The average Bonchev–Trinajstić information content (AvgIpc) is 2.99. The van der Waals surface area contributed by atoms with Crippen LogP contribution in [-0.4, -0.2) is 27.4 Å². The first-order valence-electron chi connectivity index (χ1n) is 7.65. The molecule has 0 bridgehead atoms. The molecule has 2 aromatic carbocycles. The lowest BCUT2D eigenvalue weighted by Gasteiger charge is -2.04. The van der Waals surface area contributed by atoms with Crippen molar-refractivity contribution in [1.82, 2.24) is 20.3 Å². The summed E-state index contributed by atoms with van der Waals surface area (Å²) in [6, 6.07) is 15.7. The number of para-hydroxylation sites is 1. The quantitative estimate of drug-likeness (QED) is 0.785. The number of halogens is 1. The number of hydrogen-bond acceptors (Lipinski definition) is 3. The Labute approximate surface area is 139 Å². The summed E-state index contributed by atoms with van der Waals surface area (Å²) in [7, 11) is 0. The average molecular weight is 324 g/mol. The van der Waals surface area contributed by atoms with Gasteiger partial charge in [0.25, 0.3) is 5.91 Å². The van der Waals surface area contributed by atoms with E-state index in [4.69, 9.17) is 0 Å². The van der Waals surface area contributed by atoms with E-state index >= 15 is 0 Å². The molecule has 0 unspecified atom stereocenters. The van der Waals surface area contributed by atoms with Crippen molar-refractivity contribution in [3.8, 4) is 5.69 Å². The molecule has 0 aliphatic rings. The zero-order valence-corrected chi connectivity index (χ0v) is 13.2. The molecular formula is C18H17FN4O. The number of hydrogen-bond donors (Lipinski definition) is 1. The number of nitrogens with one attached hydrogen (secondary N) is 1. The zero-order valence-electron chi connectivity index (χ0n) is 13.2. The summed E-state index contributed by atoms with van der Waals surface area (Å²) in [5.41, 5.74) is 2.63. The van der Waals surface area contributed by atoms with E-state index in [0.29, 0.717) is 24.4 Å². The van der Waals surface area contributed by atoms with E-state index in [2.05, 4.69) is 15.5 Å². The predicted molar refractivity (Wildman–Crippen MR) is 88.5 cm³/mol. The molecule has 6 heteroatoms. The molecule has 0 aliphatic carbocycles. The Morgan fingerprint density at radius 2 is 1.79 bits per heavy atom. The fourth-order valence-corrected chi connectivity index (χ4v) is 2.32. The van der Waals surface area contributed by atoms with Crippen molar-refractivity contribution in [2.75, 3.05) is 6.54 Å². The maximum atomic E-state index is 12.9. The molecule has 1 heterocycles. The molecule has 0 atom stereocenters. The van der Waals surface area contributed by atoms with Gasteiger partial charge in [-0.1, -0.05) is 30.3 Å². The predicted octanol–water partition coefficient (Wildman–Crippen LogP) is 2.69. The minimum absolute atomic E-state index is 0.267. The minimum atomic E-state index is -0.268. The maximum Gasteiger partial charge on any atom is 0.273 e. The van der Waals surface area contributed by atoms with Gasteiger partial charge in [-0.15, -0.1) is 5.10 Å². The zero-order chi connectivity index (χ0) is 16.9. The number of amides is 1. The number of carbonyl (C=O) groups excluding carboxylic acids is 1. The Bertz CT molecular complexity index is 828. The van der Waals surface area contributed by atoms with Gasteiger partial charge in [-0.05, 0) is 43.2 Å². The van der Waals surface area contributed by atoms with Crippen LogP contribution in [0.15, 0.2) is 54.6 Å². The molecule has 0 aliphatic heterocycles. The number of aryl methyl sites for hydroxylation is 1. The van der Waals surface area contributed by atoms with Crippen LogP contribution in [0.2, 0.25) is 0 Å². The summed E-state index contributed by atoms with van der Waals surface area (Å²) in [6.45, 7) is 2.20. The Morgan fingerprint density at radius 3 is 2.50 bits per heavy atom. The van der Waals surface area contributed by atoms with Gasteiger partial charge in [0.15, 0.2) is 5.69 Å². The summed E-state index contributed by atoms with van der Waals surface area (Å²) in [5, 5.41) is 11.4. The van der Waals surface area contributed by atoms with Gasteiger partial charge in [-0.3, -0.25) is 4.79 Å². The number of carbonyl (C=O) groups is 1. The van der Waals surface area contributed by atoms with Gasteiger partial charge in [0.1, 0.15) is 5.82 Å². The van der Waals surface area contributed by atoms with Crippen LogP contribution in [0.3, 0.4) is 0 Å². The van der Waals surface area contributed by atoms with Crippen molar-refractivity contribution in [3.63, 3.8) is 0 Å². The summed E-state index contributed by atoms with van der Waals surface area (Å²) >= 11 is 0. The van der Waals surface area contributed by atoms with E-state index in [1.54, 1.807) is 19.1 Å². The molecule has 1 N–H and O–H groups in total. The standard InChI is InChI=1S/C18H17FN4O/c1-13-17(22-23(21-13)16-5-3-2-4-6-16)18(24)20-12-11-14-7-9-15(19)10-8-14/h2-10H,11-12H2,1H3,(H,20,24). The molecule has 5 nitrogen and oxygen atoms in total. The fraction of sp³-hybridized carbons (Fsp3) is 0.167. The molecule has 0 radical (unpaired) electrons. The molecule has 0 spiro atoms. The SMILES string of the molecule is Cc1nn(-c2ccccc2)nc1C(=O)NCCc1ccc(F)cc1. The number of aromatic nitrogens is 3. The first-order chi connectivity index (χ1) is 11.6. The van der Waals surface area contributed by atoms with Crippen LogP contribution >= 0.6 is 0 Å². The summed E-state index contributed by atoms with van der Waals surface area (Å²) in [4.78, 5) is 13.7. The minimum Gasteiger partial charge on any atom is -0.350 e. The maximum absolute atomic E-state index is 12.9. The second-order valence-electron chi connectivity index (χ2n) is 5.39. The van der Waals surface area contributed by atoms with Crippen molar-refractivity contribution in [1.29, 1.82) is 0 Å². The smallest absolute Gasteiger partial charge is 0.273 e. The van der Waals surface area contributed by atoms with Crippen LogP contribution in [0.25, 0.3) is 5.69 Å². The van der Waals surface area contributed by atoms with E-state index in [1.807, 2.05) is 30.3 Å². The van der Waals surface area contributed by atoms with E-state index < -0.39 is 0 Å². The van der Waals surface area contributed by atoms with Gasteiger partial charge < -0.3 is 5.32 Å². The van der Waals surface area contributed by atoms with Crippen LogP contribution in [0.5, 0.6) is 0 Å². The first kappa shape index (κ1) is 15.9. The number of benzene rings is 2. The van der Waals surface area contributed by atoms with E-state index in [9.17, 15) is 9.18 Å². The van der Waals surface area contributed by atoms with Crippen molar-refractivity contribution in [3.05, 3.63) is 77.4 Å². The Morgan fingerprint density at radius 1 is 1.08 bits per heavy atom. The van der Waals surface area contributed by atoms with Gasteiger partial charge in [0, 0.05) is 6.54 Å². The molecule has 1 amide bonds. The second-order valence-corrected chi connectivity index (χ2v) is 5.39. The third kappa shape index (κ3) is 3.65. The lowest BCUT2D eigenvalue weighted by atomic mass is 10.1. The highest BCUT2D eigenvalue weighted by atomic mass is 19.1. The van der Waals surface area contributed by atoms with Gasteiger partial charge in [0.05, 0.1) is 11.4 Å². The Kier molecular flexibility index (Phi) is 4.65. The molecular weight excluding hydrogens is 307 g/mol. The van der Waals surface area contributed by atoms with Crippen LogP contribution in [0.4, 0.5) is 4.39 Å². The van der Waals surface area contributed by atoms with Crippen LogP contribution in [0, 0.1) is 12.7 Å². The van der Waals surface area contributed by atoms with Crippen LogP contribution in [-0.2, 0) is 6.42 Å². The summed E-state index contributed by atoms with van der Waals surface area (Å²) < 4.78 is 12.9. The van der Waals surface area contributed by atoms with Crippen molar-refractivity contribution in [2.24, 2.45) is 0 Å². The Balaban J connectivity index is 1.63. The second kappa shape index (κ2) is 7.04. The summed E-state index contributed by atoms with van der Waals surface area (Å²) in [6.07, 6.45) is 0.623. The van der Waals surface area contributed by atoms with E-state index in [-0.39, 0.29) is 11.7 Å². The molecule has 1 aromatic heterocycles. The molecule has 0 saturated heterocycles. The van der Waals surface area contributed by atoms with Gasteiger partial charge in [-0.2, -0.15) is 9.90 Å². The van der Waals surface area contributed by atoms with Gasteiger partial charge >= 0.3 is 0 Å². The van der Waals surface area contributed by atoms with E-state index in [1.165, 1.54) is 16.9 Å². The van der Waals surface area contributed by atoms with Crippen molar-refractivity contribution < 1.29 is 9.18 Å². The molecule has 3 aromatic rings. The van der Waals surface area contributed by atoms with Crippen LogP contribution < -0.4 is 5.32 Å². The highest BCUT2D eigenvalue weighted by Gasteiger charge is 2.15. The largest absolute Gasteiger partial charge is 0.350 e. The number of nitrogens with zero attached hydrogens (tertiary/aromatic N) is 3. The van der Waals surface area contributed by atoms with Crippen molar-refractivity contribution in [2.45, 2.75) is 13.3 Å². The summed E-state index contributed by atoms with van der Waals surface area (Å²) in [5.74, 6) is -0.535. The van der Waals surface area contributed by atoms with E-state index in [0.717, 1.165) is 11.3 Å². The molecule has 24 heavy (non-hydrogen) atoms. The lowest BCUT2D eigenvalue weighted by Crippen LogP contribution is -2.26. The lowest BCUT2D eigenvalue weighted by molar-refractivity contribution is 0.0948. The highest BCUT2D eigenvalue weighted by Crippen LogP contribution is 2.08. The van der Waals surface area contributed by atoms with Crippen molar-refractivity contribution >= 4 is 5.91 Å². The normalized spacial score (nSPS) is 10.6. The third-order valence-electron chi connectivity index (χ3n) is 3.60. The molecule has 3 rings (SSSR count). The fourth-order valence-electron chi connectivity index (χ4n) is 2.32. The van der Waals surface area contributed by atoms with Crippen LogP contribution in [0.1, 0.15) is 21.7 Å². The Hall–Kier alpha value is -3.02. The highest BCUT2D eigenvalue weighted by molar-refractivity contribution is 5.93. The first-order valence-corrected chi connectivity index (χ1v) is 7.65. The monoisotopic (exact) mass is 324 g/mol. The molecule has 122 valence electrons. The number of rotatable bonds is 5. The topological polar surface area (TPSA) is 59.8 Å². The molecule has 0 fully saturated rings. The van der Waals surface area contributed by atoms with Gasteiger partial charge in [-0.25, -0.2) is 4.39 Å². The third-order valence-corrected chi connectivity index (χ3v) is 3.60. The molecule has 0 saturated carbocycles.